The van der Waals surface area contributed by atoms with Crippen LogP contribution in [0.15, 0.2) is 54.8 Å². The zero-order chi connectivity index (χ0) is 20.0. The fourth-order valence-electron chi connectivity index (χ4n) is 3.94. The number of benzene rings is 1. The Balaban J connectivity index is 1.62. The number of hydrogen-bond donors (Lipinski definition) is 0. The number of fused-ring (bicyclic) bond motifs is 3. The third-order valence-electron chi connectivity index (χ3n) is 5.24. The molecule has 26 heavy (non-hydrogen) atoms. The van der Waals surface area contributed by atoms with E-state index in [1.165, 1.54) is 6.42 Å². The van der Waals surface area contributed by atoms with Crippen LogP contribution in [0, 0.1) is 5.92 Å². The van der Waals surface area contributed by atoms with Crippen LogP contribution >= 0.6 is 11.3 Å². The van der Waals surface area contributed by atoms with E-state index in [-0.39, 0.29) is 12.1 Å². The van der Waals surface area contributed by atoms with Crippen molar-refractivity contribution in [2.24, 2.45) is 5.92 Å². The average Bonchev–Trinajstić information content (AvgIpc) is 3.12. The van der Waals surface area contributed by atoms with Gasteiger partial charge >= 0.3 is 0 Å². The molecule has 0 aliphatic heterocycles. The van der Waals surface area contributed by atoms with Gasteiger partial charge < -0.3 is 0 Å². The molecule has 1 aliphatic carbocycles. The molecule has 5 rings (SSSR count). The summed E-state index contributed by atoms with van der Waals surface area (Å²) in [5.74, 6) is 0.0753. The molecular weight excluding hydrogens is 336 g/mol. The molecule has 0 N–H and O–H groups in total. The molecule has 1 aromatic carbocycles. The van der Waals surface area contributed by atoms with Crippen LogP contribution in [0.1, 0.15) is 41.8 Å². The number of nitrogens with zero attached hydrogens (tertiary/aromatic N) is 2. The molecule has 0 unspecified atom stereocenters. The van der Waals surface area contributed by atoms with E-state index in [9.17, 15) is 0 Å². The van der Waals surface area contributed by atoms with E-state index in [0.717, 1.165) is 62.8 Å². The topological polar surface area (TPSA) is 25.8 Å². The van der Waals surface area contributed by atoms with Gasteiger partial charge in [0.2, 0.25) is 0 Å². The van der Waals surface area contributed by atoms with Crippen molar-refractivity contribution in [1.29, 1.82) is 0 Å². The van der Waals surface area contributed by atoms with E-state index in [1.54, 1.807) is 23.6 Å². The van der Waals surface area contributed by atoms with Crippen molar-refractivity contribution in [3.63, 3.8) is 0 Å². The minimum absolute atomic E-state index is 0.0753. The zero-order valence-electron chi connectivity index (χ0n) is 17.5. The van der Waals surface area contributed by atoms with Gasteiger partial charge in [0, 0.05) is 36.1 Å². The lowest BCUT2D eigenvalue weighted by Crippen LogP contribution is -2.09. The lowest BCUT2D eigenvalue weighted by Gasteiger charge is -2.21. The summed E-state index contributed by atoms with van der Waals surface area (Å²) in [4.78, 5) is 9.81. The molecule has 0 saturated heterocycles. The van der Waals surface area contributed by atoms with Crippen molar-refractivity contribution in [3.05, 3.63) is 60.4 Å². The predicted octanol–water partition coefficient (Wildman–Crippen LogP) is 6.63. The second-order valence-electron chi connectivity index (χ2n) is 6.99. The Hall–Kier alpha value is -2.26. The van der Waals surface area contributed by atoms with Gasteiger partial charge in [-0.3, -0.25) is 4.98 Å². The van der Waals surface area contributed by atoms with E-state index in [2.05, 4.69) is 16.0 Å². The molecule has 0 amide bonds. The van der Waals surface area contributed by atoms with Gasteiger partial charge in [-0.05, 0) is 42.1 Å². The first-order valence-electron chi connectivity index (χ1n) is 10.8. The van der Waals surface area contributed by atoms with Crippen LogP contribution in [0.2, 0.25) is 0 Å². The predicted molar refractivity (Wildman–Crippen MR) is 111 cm³/mol. The molecule has 1 saturated carbocycles. The van der Waals surface area contributed by atoms with Crippen LogP contribution in [0.5, 0.6) is 0 Å². The van der Waals surface area contributed by atoms with Crippen LogP contribution in [0.25, 0.3) is 31.6 Å². The third kappa shape index (κ3) is 2.90. The standard InChI is InChI=1S/C23H22N2S/c1-2-6-16(7-3-1)14-17-11-13-24-21(15-17)20-9-4-8-18-19-10-5-12-25-23(19)26-22(18)20/h4-5,8-13,15-16H,1-3,6-7,14H2/i12D,14D2. The second kappa shape index (κ2) is 6.81. The number of hydrogen-bond acceptors (Lipinski definition) is 3. The number of pyridine rings is 2. The fourth-order valence-corrected chi connectivity index (χ4v) is 5.09. The second-order valence-corrected chi connectivity index (χ2v) is 7.99. The Labute approximate surface area is 162 Å². The molecule has 0 radical (unpaired) electrons. The van der Waals surface area contributed by atoms with Gasteiger partial charge in [-0.25, -0.2) is 4.98 Å². The Kier molecular flexibility index (Phi) is 3.40. The average molecular weight is 362 g/mol. The van der Waals surface area contributed by atoms with E-state index in [4.69, 9.17) is 4.11 Å². The summed E-state index contributed by atoms with van der Waals surface area (Å²) in [5.41, 5.74) is 2.52. The van der Waals surface area contributed by atoms with Gasteiger partial charge in [-0.2, -0.15) is 0 Å². The summed E-state index contributed by atoms with van der Waals surface area (Å²) in [5, 5.41) is 2.16. The maximum atomic E-state index is 8.81. The fraction of sp³-hybridized carbons (Fsp3) is 0.304. The van der Waals surface area contributed by atoms with Crippen LogP contribution in [0.3, 0.4) is 0 Å². The molecule has 3 heteroatoms. The minimum Gasteiger partial charge on any atom is -0.256 e. The van der Waals surface area contributed by atoms with Gasteiger partial charge in [0.1, 0.15) is 4.83 Å². The molecule has 0 bridgehead atoms. The minimum atomic E-state index is -1.34. The maximum Gasteiger partial charge on any atom is 0.124 e. The van der Waals surface area contributed by atoms with E-state index in [0.29, 0.717) is 0 Å². The molecular formula is C23H22N2S. The van der Waals surface area contributed by atoms with E-state index >= 15 is 0 Å². The van der Waals surface area contributed by atoms with Crippen LogP contribution in [-0.4, -0.2) is 9.97 Å². The van der Waals surface area contributed by atoms with Gasteiger partial charge in [0.25, 0.3) is 0 Å². The van der Waals surface area contributed by atoms with E-state index < -0.39 is 6.37 Å². The molecule has 4 aromatic rings. The summed E-state index contributed by atoms with van der Waals surface area (Å²) in [6, 6.07) is 13.6. The molecule has 3 aromatic heterocycles. The van der Waals surface area contributed by atoms with Crippen LogP contribution in [-0.2, 0) is 6.37 Å². The Morgan fingerprint density at radius 3 is 2.85 bits per heavy atom. The summed E-state index contributed by atoms with van der Waals surface area (Å²) < 4.78 is 26.5. The van der Waals surface area contributed by atoms with Gasteiger partial charge in [-0.15, -0.1) is 11.3 Å². The first-order chi connectivity index (χ1) is 14.0. The molecule has 1 aliphatic rings. The van der Waals surface area contributed by atoms with Gasteiger partial charge in [-0.1, -0.05) is 50.3 Å². The van der Waals surface area contributed by atoms with Crippen molar-refractivity contribution < 1.29 is 4.11 Å². The van der Waals surface area contributed by atoms with Gasteiger partial charge in [0.05, 0.1) is 7.06 Å². The Morgan fingerprint density at radius 2 is 1.92 bits per heavy atom. The number of rotatable bonds is 3. The molecule has 0 spiro atoms. The lowest BCUT2D eigenvalue weighted by molar-refractivity contribution is 0.356. The van der Waals surface area contributed by atoms with Crippen molar-refractivity contribution in [2.75, 3.05) is 0 Å². The molecule has 130 valence electrons. The summed E-state index contributed by atoms with van der Waals surface area (Å²) in [6.07, 6.45) is 6.03. The highest BCUT2D eigenvalue weighted by molar-refractivity contribution is 7.26. The van der Waals surface area contributed by atoms with Crippen molar-refractivity contribution in [2.45, 2.75) is 38.5 Å². The molecule has 1 fully saturated rings. The summed E-state index contributed by atoms with van der Waals surface area (Å²) >= 11 is 1.57. The van der Waals surface area contributed by atoms with Gasteiger partial charge in [0.15, 0.2) is 0 Å². The Morgan fingerprint density at radius 1 is 1.04 bits per heavy atom. The van der Waals surface area contributed by atoms with Crippen LogP contribution < -0.4 is 0 Å². The third-order valence-corrected chi connectivity index (χ3v) is 6.39. The largest absolute Gasteiger partial charge is 0.256 e. The van der Waals surface area contributed by atoms with Crippen molar-refractivity contribution >= 4 is 31.6 Å². The van der Waals surface area contributed by atoms with Crippen molar-refractivity contribution in [3.8, 4) is 11.3 Å². The SMILES string of the molecule is [2H]c1ccc2c(n1)sc1c(-c3cc(C([2H])([2H])C4CCCCC4)ccn3)cccc12. The normalized spacial score (nSPS) is 17.9. The first-order valence-corrected chi connectivity index (χ1v) is 10.1. The van der Waals surface area contributed by atoms with E-state index in [1.807, 2.05) is 30.3 Å². The van der Waals surface area contributed by atoms with Crippen molar-refractivity contribution in [1.82, 2.24) is 9.97 Å². The van der Waals surface area contributed by atoms with Crippen LogP contribution in [0.4, 0.5) is 0 Å². The maximum absolute atomic E-state index is 8.81. The highest BCUT2D eigenvalue weighted by Crippen LogP contribution is 2.38. The number of aromatic nitrogens is 2. The molecule has 2 nitrogen and oxygen atoms in total. The highest BCUT2D eigenvalue weighted by atomic mass is 32.1. The lowest BCUT2D eigenvalue weighted by atomic mass is 9.85. The first kappa shape index (κ1) is 13.0. The molecule has 0 atom stereocenters. The Bertz CT molecular complexity index is 1200. The summed E-state index contributed by atoms with van der Waals surface area (Å²) in [6.45, 7) is 0. The highest BCUT2D eigenvalue weighted by Gasteiger charge is 2.15. The smallest absolute Gasteiger partial charge is 0.124 e. The zero-order valence-corrected chi connectivity index (χ0v) is 15.4. The molecule has 3 heterocycles. The quantitative estimate of drug-likeness (QED) is 0.409. The monoisotopic (exact) mass is 361 g/mol. The summed E-state index contributed by atoms with van der Waals surface area (Å²) in [7, 11) is 0. The number of thiophene rings is 1.